The Balaban J connectivity index is 1.42. The van der Waals surface area contributed by atoms with E-state index in [9.17, 15) is 14.7 Å². The summed E-state index contributed by atoms with van der Waals surface area (Å²) in [7, 11) is 0. The lowest BCUT2D eigenvalue weighted by Crippen LogP contribution is -2.52. The number of phenols is 1. The summed E-state index contributed by atoms with van der Waals surface area (Å²) in [4.78, 5) is 30.9. The highest BCUT2D eigenvalue weighted by Crippen LogP contribution is 2.27. The van der Waals surface area contributed by atoms with Gasteiger partial charge in [0.2, 0.25) is 0 Å². The quantitative estimate of drug-likeness (QED) is 0.587. The van der Waals surface area contributed by atoms with E-state index in [1.807, 2.05) is 29.2 Å². The monoisotopic (exact) mass is 425 g/mol. The summed E-state index contributed by atoms with van der Waals surface area (Å²) >= 11 is 0. The van der Waals surface area contributed by atoms with Gasteiger partial charge in [0.25, 0.3) is 11.8 Å². The van der Waals surface area contributed by atoms with Gasteiger partial charge >= 0.3 is 0 Å². The number of phenolic OH excluding ortho intramolecular Hbond substituents is 1. The second kappa shape index (κ2) is 10.7. The molecule has 0 saturated carbocycles. The van der Waals surface area contributed by atoms with Gasteiger partial charge in [0, 0.05) is 50.5 Å². The van der Waals surface area contributed by atoms with Gasteiger partial charge in [-0.3, -0.25) is 25.3 Å². The van der Waals surface area contributed by atoms with Crippen LogP contribution in [0.15, 0.2) is 48.5 Å². The molecule has 3 rings (SSSR count). The van der Waals surface area contributed by atoms with Crippen molar-refractivity contribution in [2.75, 3.05) is 55.6 Å². The minimum Gasteiger partial charge on any atom is -0.506 e. The average Bonchev–Trinajstić information content (AvgIpc) is 2.80. The van der Waals surface area contributed by atoms with Crippen LogP contribution in [-0.2, 0) is 4.79 Å². The lowest BCUT2D eigenvalue weighted by molar-refractivity contribution is -0.123. The van der Waals surface area contributed by atoms with Crippen LogP contribution >= 0.6 is 0 Å². The van der Waals surface area contributed by atoms with Gasteiger partial charge in [-0.15, -0.1) is 0 Å². The van der Waals surface area contributed by atoms with Crippen molar-refractivity contribution in [2.24, 2.45) is 0 Å². The smallest absolute Gasteiger partial charge is 0.269 e. The molecule has 0 radical (unpaired) electrons. The van der Waals surface area contributed by atoms with E-state index < -0.39 is 0 Å². The van der Waals surface area contributed by atoms with Gasteiger partial charge in [0.05, 0.1) is 12.2 Å². The molecule has 1 heterocycles. The molecule has 2 amide bonds. The highest BCUT2D eigenvalue weighted by Gasteiger charge is 2.21. The molecule has 2 aromatic carbocycles. The summed E-state index contributed by atoms with van der Waals surface area (Å²) in [5.41, 5.74) is 7.35. The Morgan fingerprint density at radius 3 is 2.19 bits per heavy atom. The van der Waals surface area contributed by atoms with E-state index in [0.717, 1.165) is 37.6 Å². The Bertz CT molecular complexity index is 875. The molecule has 2 aromatic rings. The zero-order chi connectivity index (χ0) is 22.2. The number of anilines is 2. The summed E-state index contributed by atoms with van der Waals surface area (Å²) in [5, 5.41) is 10.00. The highest BCUT2D eigenvalue weighted by atomic mass is 16.3. The molecule has 166 valence electrons. The molecule has 0 unspecified atom stereocenters. The first-order chi connectivity index (χ1) is 15.0. The molecule has 3 N–H and O–H groups in total. The molecular weight excluding hydrogens is 394 g/mol. The predicted octanol–water partition coefficient (Wildman–Crippen LogP) is 1.82. The third-order valence-electron chi connectivity index (χ3n) is 5.54. The topological polar surface area (TPSA) is 88.2 Å². The molecule has 0 aromatic heterocycles. The number of carbonyl (C=O) groups excluding carboxylic acids is 2. The number of piperazine rings is 1. The maximum absolute atomic E-state index is 12.3. The predicted molar refractivity (Wildman–Crippen MR) is 122 cm³/mol. The molecule has 31 heavy (non-hydrogen) atoms. The van der Waals surface area contributed by atoms with E-state index in [-0.39, 0.29) is 24.1 Å². The minimum absolute atomic E-state index is 0.204. The fourth-order valence-electron chi connectivity index (χ4n) is 3.73. The van der Waals surface area contributed by atoms with Crippen LogP contribution in [0.4, 0.5) is 11.4 Å². The third kappa shape index (κ3) is 5.88. The minimum atomic E-state index is -0.344. The summed E-state index contributed by atoms with van der Waals surface area (Å²) in [5.74, 6) is -0.338. The zero-order valence-electron chi connectivity index (χ0n) is 18.2. The number of para-hydroxylation sites is 2. The number of nitrogens with zero attached hydrogens (tertiary/aromatic N) is 3. The van der Waals surface area contributed by atoms with Crippen LogP contribution in [0, 0.1) is 0 Å². The van der Waals surface area contributed by atoms with Crippen molar-refractivity contribution in [3.05, 3.63) is 54.1 Å². The van der Waals surface area contributed by atoms with Crippen LogP contribution in [0.1, 0.15) is 24.2 Å². The number of aromatic hydroxyl groups is 1. The van der Waals surface area contributed by atoms with E-state index in [1.165, 1.54) is 0 Å². The van der Waals surface area contributed by atoms with Crippen molar-refractivity contribution < 1.29 is 14.7 Å². The average molecular weight is 426 g/mol. The Morgan fingerprint density at radius 1 is 0.935 bits per heavy atom. The Hall–Kier alpha value is -3.26. The van der Waals surface area contributed by atoms with Crippen LogP contribution in [0.2, 0.25) is 0 Å². The number of benzene rings is 2. The number of hydrogen-bond donors (Lipinski definition) is 3. The van der Waals surface area contributed by atoms with E-state index in [4.69, 9.17) is 0 Å². The van der Waals surface area contributed by atoms with E-state index >= 15 is 0 Å². The fraction of sp³-hybridized carbons (Fsp3) is 0.391. The molecule has 1 saturated heterocycles. The van der Waals surface area contributed by atoms with Crippen LogP contribution in [0.3, 0.4) is 0 Å². The van der Waals surface area contributed by atoms with E-state index in [2.05, 4.69) is 34.5 Å². The standard InChI is InChI=1S/C23H31N5O3/c1-3-27(4-2)19-11-9-18(10-12-19)23(31)25-24-22(30)17-26-13-15-28(16-14-26)20-7-5-6-8-21(20)29/h5-12,29H,3-4,13-17H2,1-2H3,(H,24,30)(H,25,31). The highest BCUT2D eigenvalue weighted by molar-refractivity contribution is 5.95. The number of hydrogen-bond acceptors (Lipinski definition) is 6. The molecule has 0 aliphatic carbocycles. The van der Waals surface area contributed by atoms with Gasteiger partial charge in [-0.1, -0.05) is 12.1 Å². The molecular formula is C23H31N5O3. The first-order valence-electron chi connectivity index (χ1n) is 10.7. The number of carbonyl (C=O) groups is 2. The first kappa shape index (κ1) is 22.4. The molecule has 0 bridgehead atoms. The maximum atomic E-state index is 12.3. The van der Waals surface area contributed by atoms with Crippen LogP contribution in [0.5, 0.6) is 5.75 Å². The fourth-order valence-corrected chi connectivity index (χ4v) is 3.73. The molecule has 8 heteroatoms. The SMILES string of the molecule is CCN(CC)c1ccc(C(=O)NNC(=O)CN2CCN(c3ccccc3O)CC2)cc1. The van der Waals surface area contributed by atoms with E-state index in [0.29, 0.717) is 18.7 Å². The van der Waals surface area contributed by atoms with Crippen molar-refractivity contribution in [3.63, 3.8) is 0 Å². The summed E-state index contributed by atoms with van der Waals surface area (Å²) < 4.78 is 0. The van der Waals surface area contributed by atoms with Crippen molar-refractivity contribution in [1.29, 1.82) is 0 Å². The molecule has 1 aliphatic rings. The third-order valence-corrected chi connectivity index (χ3v) is 5.54. The molecule has 1 aliphatic heterocycles. The number of rotatable bonds is 7. The van der Waals surface area contributed by atoms with Crippen LogP contribution < -0.4 is 20.7 Å². The molecule has 8 nitrogen and oxygen atoms in total. The summed E-state index contributed by atoms with van der Waals surface area (Å²) in [6.45, 7) is 9.01. The van der Waals surface area contributed by atoms with Crippen molar-refractivity contribution in [2.45, 2.75) is 13.8 Å². The van der Waals surface area contributed by atoms with Crippen molar-refractivity contribution >= 4 is 23.2 Å². The van der Waals surface area contributed by atoms with Crippen LogP contribution in [-0.4, -0.2) is 67.6 Å². The molecule has 1 fully saturated rings. The van der Waals surface area contributed by atoms with Crippen molar-refractivity contribution in [1.82, 2.24) is 15.8 Å². The Kier molecular flexibility index (Phi) is 7.72. The summed E-state index contributed by atoms with van der Waals surface area (Å²) in [6.07, 6.45) is 0. The van der Waals surface area contributed by atoms with Gasteiger partial charge in [0.15, 0.2) is 0 Å². The van der Waals surface area contributed by atoms with Crippen molar-refractivity contribution in [3.8, 4) is 5.75 Å². The van der Waals surface area contributed by atoms with Gasteiger partial charge in [-0.2, -0.15) is 0 Å². The van der Waals surface area contributed by atoms with E-state index in [1.54, 1.807) is 24.3 Å². The first-order valence-corrected chi connectivity index (χ1v) is 10.7. The lowest BCUT2D eigenvalue weighted by Gasteiger charge is -2.35. The maximum Gasteiger partial charge on any atom is 0.269 e. The summed E-state index contributed by atoms with van der Waals surface area (Å²) in [6, 6.07) is 14.6. The lowest BCUT2D eigenvalue weighted by atomic mass is 10.2. The number of nitrogens with one attached hydrogen (secondary N) is 2. The Morgan fingerprint density at radius 2 is 1.58 bits per heavy atom. The van der Waals surface area contributed by atoms with Gasteiger partial charge in [0.1, 0.15) is 5.75 Å². The van der Waals surface area contributed by atoms with Crippen LogP contribution in [0.25, 0.3) is 0 Å². The van der Waals surface area contributed by atoms with Gasteiger partial charge in [-0.25, -0.2) is 0 Å². The normalized spacial score (nSPS) is 14.2. The number of amides is 2. The molecule has 0 spiro atoms. The largest absolute Gasteiger partial charge is 0.506 e. The number of hydrazine groups is 1. The molecule has 0 atom stereocenters. The van der Waals surface area contributed by atoms with Gasteiger partial charge in [-0.05, 0) is 50.2 Å². The zero-order valence-corrected chi connectivity index (χ0v) is 18.2. The second-order valence-corrected chi connectivity index (χ2v) is 7.47. The Labute approximate surface area is 183 Å². The van der Waals surface area contributed by atoms with Gasteiger partial charge < -0.3 is 14.9 Å². The second-order valence-electron chi connectivity index (χ2n) is 7.47.